The van der Waals surface area contributed by atoms with E-state index in [0.29, 0.717) is 13.1 Å². The van der Waals surface area contributed by atoms with Crippen LogP contribution in [0.25, 0.3) is 0 Å². The maximum atomic E-state index is 5.45. The summed E-state index contributed by atoms with van der Waals surface area (Å²) >= 11 is 0. The summed E-state index contributed by atoms with van der Waals surface area (Å²) in [5.41, 5.74) is 2.22. The van der Waals surface area contributed by atoms with Crippen LogP contribution in [0.4, 0.5) is 5.82 Å². The first kappa shape index (κ1) is 19.8. The molecular weight excluding hydrogens is 354 g/mol. The predicted octanol–water partition coefficient (Wildman–Crippen LogP) is 2.56. The standard InChI is InChI=1S/C21H29N5O2/c1-22-21(25-15-17-6-7-18(27-2)13-19(17)28-3)24-14-16-8-9-23-20(12-16)26-10-4-5-11-26/h6-9,12-13H,4-5,10-11,14-15H2,1-3H3,(H2,22,24,25). The third-order valence-corrected chi connectivity index (χ3v) is 4.86. The van der Waals surface area contributed by atoms with Gasteiger partial charge in [-0.1, -0.05) is 0 Å². The largest absolute Gasteiger partial charge is 0.497 e. The lowest BCUT2D eigenvalue weighted by molar-refractivity contribution is 0.390. The Kier molecular flexibility index (Phi) is 6.94. The Balaban J connectivity index is 1.56. The quantitative estimate of drug-likeness (QED) is 0.566. The summed E-state index contributed by atoms with van der Waals surface area (Å²) in [5.74, 6) is 3.35. The molecule has 0 unspecified atom stereocenters. The second-order valence-electron chi connectivity index (χ2n) is 6.67. The number of aromatic nitrogens is 1. The molecule has 28 heavy (non-hydrogen) atoms. The second-order valence-corrected chi connectivity index (χ2v) is 6.67. The van der Waals surface area contributed by atoms with E-state index in [0.717, 1.165) is 41.9 Å². The van der Waals surface area contributed by atoms with E-state index >= 15 is 0 Å². The van der Waals surface area contributed by atoms with Crippen molar-refractivity contribution in [1.29, 1.82) is 0 Å². The van der Waals surface area contributed by atoms with Gasteiger partial charge in [0.05, 0.1) is 14.2 Å². The number of nitrogens with one attached hydrogen (secondary N) is 2. The minimum Gasteiger partial charge on any atom is -0.497 e. The molecule has 0 spiro atoms. The molecule has 0 saturated carbocycles. The second kappa shape index (κ2) is 9.82. The molecule has 0 aliphatic carbocycles. The number of anilines is 1. The molecule has 0 atom stereocenters. The van der Waals surface area contributed by atoms with Crippen molar-refractivity contribution in [3.8, 4) is 11.5 Å². The number of pyridine rings is 1. The van der Waals surface area contributed by atoms with E-state index in [1.807, 2.05) is 30.5 Å². The van der Waals surface area contributed by atoms with Gasteiger partial charge in [-0.15, -0.1) is 0 Å². The molecular formula is C21H29N5O2. The predicted molar refractivity (Wildman–Crippen MR) is 112 cm³/mol. The van der Waals surface area contributed by atoms with Gasteiger partial charge >= 0.3 is 0 Å². The highest BCUT2D eigenvalue weighted by molar-refractivity contribution is 5.79. The molecule has 7 nitrogen and oxygen atoms in total. The molecule has 7 heteroatoms. The van der Waals surface area contributed by atoms with Crippen LogP contribution in [0.1, 0.15) is 24.0 Å². The van der Waals surface area contributed by atoms with Crippen molar-refractivity contribution in [2.24, 2.45) is 4.99 Å². The lowest BCUT2D eigenvalue weighted by Gasteiger charge is -2.18. The molecule has 0 radical (unpaired) electrons. The molecule has 2 N–H and O–H groups in total. The van der Waals surface area contributed by atoms with Gasteiger partial charge in [0.1, 0.15) is 17.3 Å². The van der Waals surface area contributed by atoms with Crippen LogP contribution in [-0.2, 0) is 13.1 Å². The van der Waals surface area contributed by atoms with Crippen LogP contribution in [-0.4, -0.2) is 45.3 Å². The number of ether oxygens (including phenoxy) is 2. The smallest absolute Gasteiger partial charge is 0.191 e. The number of hydrogen-bond acceptors (Lipinski definition) is 5. The summed E-state index contributed by atoms with van der Waals surface area (Å²) in [7, 11) is 5.07. The Hall–Kier alpha value is -2.96. The van der Waals surface area contributed by atoms with Crippen LogP contribution in [0.15, 0.2) is 41.5 Å². The van der Waals surface area contributed by atoms with Crippen molar-refractivity contribution in [1.82, 2.24) is 15.6 Å². The first-order valence-corrected chi connectivity index (χ1v) is 9.59. The number of guanidine groups is 1. The van der Waals surface area contributed by atoms with Gasteiger partial charge in [-0.05, 0) is 42.7 Å². The zero-order valence-electron chi connectivity index (χ0n) is 16.9. The molecule has 1 aliphatic rings. The van der Waals surface area contributed by atoms with Crippen LogP contribution >= 0.6 is 0 Å². The molecule has 150 valence electrons. The first-order valence-electron chi connectivity index (χ1n) is 9.59. The normalized spacial score (nSPS) is 14.1. The summed E-state index contributed by atoms with van der Waals surface area (Å²) < 4.78 is 10.7. The van der Waals surface area contributed by atoms with Gasteiger partial charge < -0.3 is 25.0 Å². The minimum atomic E-state index is 0.599. The van der Waals surface area contributed by atoms with Gasteiger partial charge in [0.2, 0.25) is 0 Å². The average Bonchev–Trinajstić information content (AvgIpc) is 3.29. The summed E-state index contributed by atoms with van der Waals surface area (Å²) in [4.78, 5) is 11.2. The molecule has 2 heterocycles. The lowest BCUT2D eigenvalue weighted by Crippen LogP contribution is -2.36. The molecule has 1 aromatic heterocycles. The SMILES string of the molecule is CN=C(NCc1ccnc(N2CCCC2)c1)NCc1ccc(OC)cc1OC. The van der Waals surface area contributed by atoms with E-state index in [4.69, 9.17) is 9.47 Å². The van der Waals surface area contributed by atoms with Crippen molar-refractivity contribution in [2.45, 2.75) is 25.9 Å². The Bertz CT molecular complexity index is 803. The van der Waals surface area contributed by atoms with Crippen molar-refractivity contribution in [2.75, 3.05) is 39.3 Å². The number of aliphatic imine (C=N–C) groups is 1. The Morgan fingerprint density at radius 1 is 1.07 bits per heavy atom. The van der Waals surface area contributed by atoms with E-state index in [1.54, 1.807) is 21.3 Å². The third kappa shape index (κ3) is 5.06. The van der Waals surface area contributed by atoms with E-state index in [2.05, 4.69) is 31.6 Å². The Labute approximate surface area is 166 Å². The number of rotatable bonds is 7. The fourth-order valence-corrected chi connectivity index (χ4v) is 3.27. The van der Waals surface area contributed by atoms with Crippen molar-refractivity contribution in [3.05, 3.63) is 47.7 Å². The van der Waals surface area contributed by atoms with E-state index < -0.39 is 0 Å². The zero-order chi connectivity index (χ0) is 19.8. The maximum absolute atomic E-state index is 5.45. The first-order chi connectivity index (χ1) is 13.7. The third-order valence-electron chi connectivity index (χ3n) is 4.86. The molecule has 2 aromatic rings. The summed E-state index contributed by atoms with van der Waals surface area (Å²) in [5, 5.41) is 6.69. The highest BCUT2D eigenvalue weighted by atomic mass is 16.5. The Morgan fingerprint density at radius 3 is 2.57 bits per heavy atom. The highest BCUT2D eigenvalue weighted by Crippen LogP contribution is 2.24. The molecule has 3 rings (SSSR count). The maximum Gasteiger partial charge on any atom is 0.191 e. The lowest BCUT2D eigenvalue weighted by atomic mass is 10.2. The van der Waals surface area contributed by atoms with Gasteiger partial charge in [0.25, 0.3) is 0 Å². The molecule has 0 bridgehead atoms. The van der Waals surface area contributed by atoms with Gasteiger partial charge in [-0.3, -0.25) is 4.99 Å². The van der Waals surface area contributed by atoms with Crippen LogP contribution in [0.2, 0.25) is 0 Å². The number of hydrogen-bond donors (Lipinski definition) is 2. The minimum absolute atomic E-state index is 0.599. The van der Waals surface area contributed by atoms with Crippen LogP contribution in [0.3, 0.4) is 0 Å². The van der Waals surface area contributed by atoms with Gasteiger partial charge in [0, 0.05) is 51.1 Å². The fraction of sp³-hybridized carbons (Fsp3) is 0.429. The van der Waals surface area contributed by atoms with Crippen LogP contribution < -0.4 is 25.0 Å². The summed E-state index contributed by atoms with van der Waals surface area (Å²) in [6.45, 7) is 3.47. The zero-order valence-corrected chi connectivity index (χ0v) is 16.9. The van der Waals surface area contributed by atoms with Crippen molar-refractivity contribution in [3.63, 3.8) is 0 Å². The molecule has 1 fully saturated rings. The number of methoxy groups -OCH3 is 2. The van der Waals surface area contributed by atoms with E-state index in [9.17, 15) is 0 Å². The topological polar surface area (TPSA) is 71.0 Å². The molecule has 0 amide bonds. The fourth-order valence-electron chi connectivity index (χ4n) is 3.27. The molecule has 1 saturated heterocycles. The van der Waals surface area contributed by atoms with Gasteiger partial charge in [0.15, 0.2) is 5.96 Å². The molecule has 1 aromatic carbocycles. The average molecular weight is 383 g/mol. The molecule has 1 aliphatic heterocycles. The van der Waals surface area contributed by atoms with Crippen molar-refractivity contribution < 1.29 is 9.47 Å². The monoisotopic (exact) mass is 383 g/mol. The number of benzene rings is 1. The van der Waals surface area contributed by atoms with Crippen LogP contribution in [0, 0.1) is 0 Å². The summed E-state index contributed by atoms with van der Waals surface area (Å²) in [6.07, 6.45) is 4.37. The van der Waals surface area contributed by atoms with E-state index in [-0.39, 0.29) is 0 Å². The highest BCUT2D eigenvalue weighted by Gasteiger charge is 2.13. The van der Waals surface area contributed by atoms with E-state index in [1.165, 1.54) is 18.4 Å². The Morgan fingerprint density at radius 2 is 1.86 bits per heavy atom. The summed E-state index contributed by atoms with van der Waals surface area (Å²) in [6, 6.07) is 9.98. The van der Waals surface area contributed by atoms with Crippen LogP contribution in [0.5, 0.6) is 11.5 Å². The van der Waals surface area contributed by atoms with Crippen molar-refractivity contribution >= 4 is 11.8 Å². The van der Waals surface area contributed by atoms with Gasteiger partial charge in [-0.25, -0.2) is 4.98 Å². The number of nitrogens with zero attached hydrogens (tertiary/aromatic N) is 3. The van der Waals surface area contributed by atoms with Gasteiger partial charge in [-0.2, -0.15) is 0 Å².